The largest absolute Gasteiger partial charge is 0.516 e. The molecule has 0 spiro atoms. The molecule has 15 heavy (non-hydrogen) atoms. The highest BCUT2D eigenvalue weighted by molar-refractivity contribution is 5.28. The lowest BCUT2D eigenvalue weighted by Crippen LogP contribution is -2.18. The molecule has 0 radical (unpaired) electrons. The zero-order chi connectivity index (χ0) is 11.5. The van der Waals surface area contributed by atoms with E-state index in [1.165, 1.54) is 12.8 Å². The van der Waals surface area contributed by atoms with Crippen molar-refractivity contribution in [3.05, 3.63) is 23.5 Å². The molecule has 1 aliphatic rings. The van der Waals surface area contributed by atoms with Crippen LogP contribution in [0.1, 0.15) is 53.4 Å². The van der Waals surface area contributed by atoms with Crippen LogP contribution in [-0.2, 0) is 0 Å². The zero-order valence-electron chi connectivity index (χ0n) is 10.5. The first-order chi connectivity index (χ1) is 7.04. The normalized spacial score (nSPS) is 25.5. The second kappa shape index (κ2) is 4.87. The Morgan fingerprint density at radius 3 is 2.67 bits per heavy atom. The fraction of sp³-hybridized carbons (Fsp3) is 0.714. The molecule has 1 atom stereocenters. The molecule has 1 unspecified atom stereocenters. The van der Waals surface area contributed by atoms with Crippen molar-refractivity contribution >= 4 is 0 Å². The molecule has 0 heterocycles. The van der Waals surface area contributed by atoms with E-state index in [1.54, 1.807) is 11.1 Å². The molecule has 0 amide bonds. The van der Waals surface area contributed by atoms with Gasteiger partial charge < -0.3 is 5.11 Å². The number of aliphatic hydroxyl groups is 1. The SMILES string of the molecule is CCC1=C(CC/C=C/O)CC(C)C1(C)C. The molecule has 1 heteroatoms. The summed E-state index contributed by atoms with van der Waals surface area (Å²) in [5, 5.41) is 8.62. The van der Waals surface area contributed by atoms with Crippen LogP contribution in [0.3, 0.4) is 0 Å². The third kappa shape index (κ3) is 2.45. The Morgan fingerprint density at radius 1 is 1.47 bits per heavy atom. The number of aliphatic hydroxyl groups excluding tert-OH is 1. The summed E-state index contributed by atoms with van der Waals surface area (Å²) in [4.78, 5) is 0. The summed E-state index contributed by atoms with van der Waals surface area (Å²) in [5.74, 6) is 0.764. The molecule has 0 bridgehead atoms. The molecular formula is C14H24O. The highest BCUT2D eigenvalue weighted by Crippen LogP contribution is 2.49. The van der Waals surface area contributed by atoms with Gasteiger partial charge in [-0.25, -0.2) is 0 Å². The van der Waals surface area contributed by atoms with Crippen molar-refractivity contribution in [1.29, 1.82) is 0 Å². The Balaban J connectivity index is 2.76. The van der Waals surface area contributed by atoms with Crippen LogP contribution >= 0.6 is 0 Å². The van der Waals surface area contributed by atoms with Crippen LogP contribution in [0.2, 0.25) is 0 Å². The van der Waals surface area contributed by atoms with Gasteiger partial charge in [-0.1, -0.05) is 38.8 Å². The molecule has 1 nitrogen and oxygen atoms in total. The first kappa shape index (κ1) is 12.4. The van der Waals surface area contributed by atoms with Crippen LogP contribution < -0.4 is 0 Å². The van der Waals surface area contributed by atoms with Gasteiger partial charge in [-0.3, -0.25) is 0 Å². The lowest BCUT2D eigenvalue weighted by atomic mass is 9.77. The Labute approximate surface area is 93.9 Å². The van der Waals surface area contributed by atoms with E-state index in [-0.39, 0.29) is 0 Å². The topological polar surface area (TPSA) is 20.2 Å². The summed E-state index contributed by atoms with van der Waals surface area (Å²) in [6.45, 7) is 9.35. The van der Waals surface area contributed by atoms with Gasteiger partial charge in [0.05, 0.1) is 6.26 Å². The number of hydrogen-bond donors (Lipinski definition) is 1. The highest BCUT2D eigenvalue weighted by Gasteiger charge is 2.36. The van der Waals surface area contributed by atoms with E-state index in [2.05, 4.69) is 27.7 Å². The average molecular weight is 208 g/mol. The molecule has 86 valence electrons. The summed E-state index contributed by atoms with van der Waals surface area (Å²) in [5.41, 5.74) is 3.67. The van der Waals surface area contributed by atoms with Gasteiger partial charge >= 0.3 is 0 Å². The molecule has 0 aromatic carbocycles. The monoisotopic (exact) mass is 208 g/mol. The van der Waals surface area contributed by atoms with Crippen LogP contribution in [0.4, 0.5) is 0 Å². The van der Waals surface area contributed by atoms with Crippen molar-refractivity contribution in [3.63, 3.8) is 0 Å². The van der Waals surface area contributed by atoms with Gasteiger partial charge in [-0.15, -0.1) is 0 Å². The zero-order valence-corrected chi connectivity index (χ0v) is 10.5. The van der Waals surface area contributed by atoms with Crippen molar-refractivity contribution in [3.8, 4) is 0 Å². The summed E-state index contributed by atoms with van der Waals surface area (Å²) in [7, 11) is 0. The summed E-state index contributed by atoms with van der Waals surface area (Å²) < 4.78 is 0. The van der Waals surface area contributed by atoms with Gasteiger partial charge in [-0.05, 0) is 43.1 Å². The quantitative estimate of drug-likeness (QED) is 0.528. The van der Waals surface area contributed by atoms with E-state index in [0.717, 1.165) is 25.0 Å². The summed E-state index contributed by atoms with van der Waals surface area (Å²) >= 11 is 0. The van der Waals surface area contributed by atoms with E-state index >= 15 is 0 Å². The lowest BCUT2D eigenvalue weighted by Gasteiger charge is -2.27. The number of allylic oxidation sites excluding steroid dienone is 3. The first-order valence-corrected chi connectivity index (χ1v) is 6.04. The smallest absolute Gasteiger partial charge is 0.0751 e. The second-order valence-corrected chi connectivity index (χ2v) is 5.19. The van der Waals surface area contributed by atoms with Crippen molar-refractivity contribution in [2.45, 2.75) is 53.4 Å². The third-order valence-electron chi connectivity index (χ3n) is 4.06. The van der Waals surface area contributed by atoms with E-state index in [0.29, 0.717) is 5.41 Å². The maximum atomic E-state index is 8.62. The fourth-order valence-corrected chi connectivity index (χ4v) is 2.79. The molecule has 1 aliphatic carbocycles. The Bertz CT molecular complexity index is 271. The van der Waals surface area contributed by atoms with E-state index in [1.807, 2.05) is 6.08 Å². The van der Waals surface area contributed by atoms with Gasteiger partial charge in [0, 0.05) is 0 Å². The van der Waals surface area contributed by atoms with Crippen molar-refractivity contribution in [2.75, 3.05) is 0 Å². The average Bonchev–Trinajstić information content (AvgIpc) is 2.38. The highest BCUT2D eigenvalue weighted by atomic mass is 16.2. The van der Waals surface area contributed by atoms with Gasteiger partial charge in [0.2, 0.25) is 0 Å². The Morgan fingerprint density at radius 2 is 2.13 bits per heavy atom. The molecule has 0 aromatic heterocycles. The molecule has 0 aliphatic heterocycles. The van der Waals surface area contributed by atoms with Crippen LogP contribution in [0, 0.1) is 11.3 Å². The lowest BCUT2D eigenvalue weighted by molar-refractivity contribution is 0.311. The van der Waals surface area contributed by atoms with E-state index < -0.39 is 0 Å². The van der Waals surface area contributed by atoms with Crippen LogP contribution in [0.15, 0.2) is 23.5 Å². The molecule has 0 fully saturated rings. The van der Waals surface area contributed by atoms with Crippen molar-refractivity contribution in [2.24, 2.45) is 11.3 Å². The fourth-order valence-electron chi connectivity index (χ4n) is 2.79. The summed E-state index contributed by atoms with van der Waals surface area (Å²) in [6.07, 6.45) is 7.52. The molecule has 0 aromatic rings. The molecule has 0 saturated heterocycles. The van der Waals surface area contributed by atoms with Gasteiger partial charge in [-0.2, -0.15) is 0 Å². The Kier molecular flexibility index (Phi) is 4.01. The van der Waals surface area contributed by atoms with Gasteiger partial charge in [0.1, 0.15) is 0 Å². The Hall–Kier alpha value is -0.720. The van der Waals surface area contributed by atoms with Crippen molar-refractivity contribution in [1.82, 2.24) is 0 Å². The summed E-state index contributed by atoms with van der Waals surface area (Å²) in [6, 6.07) is 0. The molecule has 0 saturated carbocycles. The minimum absolute atomic E-state index is 0.382. The number of hydrogen-bond acceptors (Lipinski definition) is 1. The predicted octanol–water partition coefficient (Wildman–Crippen LogP) is 4.61. The van der Waals surface area contributed by atoms with Crippen molar-refractivity contribution < 1.29 is 5.11 Å². The standard InChI is InChI=1S/C14H24O/c1-5-13-12(8-6-7-9-15)10-11(2)14(13,3)4/h7,9,11,15H,5-6,8,10H2,1-4H3/b9-7+. The van der Waals surface area contributed by atoms with E-state index in [9.17, 15) is 0 Å². The van der Waals surface area contributed by atoms with Gasteiger partial charge in [0.25, 0.3) is 0 Å². The van der Waals surface area contributed by atoms with E-state index in [4.69, 9.17) is 5.11 Å². The van der Waals surface area contributed by atoms with Gasteiger partial charge in [0.15, 0.2) is 0 Å². The number of rotatable bonds is 4. The first-order valence-electron chi connectivity index (χ1n) is 6.04. The van der Waals surface area contributed by atoms with Crippen LogP contribution in [0.25, 0.3) is 0 Å². The molecule has 1 rings (SSSR count). The molecule has 1 N–H and O–H groups in total. The molecular weight excluding hydrogens is 184 g/mol. The maximum absolute atomic E-state index is 8.62. The predicted molar refractivity (Wildman–Crippen MR) is 65.9 cm³/mol. The van der Waals surface area contributed by atoms with Crippen LogP contribution in [0.5, 0.6) is 0 Å². The maximum Gasteiger partial charge on any atom is 0.0751 e. The third-order valence-corrected chi connectivity index (χ3v) is 4.06. The minimum Gasteiger partial charge on any atom is -0.516 e. The van der Waals surface area contributed by atoms with Crippen LogP contribution in [-0.4, -0.2) is 5.11 Å². The second-order valence-electron chi connectivity index (χ2n) is 5.19. The minimum atomic E-state index is 0.382.